The van der Waals surface area contributed by atoms with Crippen molar-refractivity contribution in [3.8, 4) is 0 Å². The van der Waals surface area contributed by atoms with Crippen LogP contribution in [0.5, 0.6) is 0 Å². The molecule has 17 nitrogen and oxygen atoms in total. The maximum Gasteiger partial charge on any atom is 0.274 e. The molecule has 0 spiro atoms. The van der Waals surface area contributed by atoms with Crippen molar-refractivity contribution < 1.29 is 37.5 Å². The summed E-state index contributed by atoms with van der Waals surface area (Å²) >= 11 is 0. The number of pyridine rings is 1. The van der Waals surface area contributed by atoms with Gasteiger partial charge in [-0.25, -0.2) is 23.3 Å². The number of carbonyl (C=O) groups is 6. The number of fused-ring (bicyclic) bond motifs is 2. The summed E-state index contributed by atoms with van der Waals surface area (Å²) in [5.74, 6) is -2.27. The van der Waals surface area contributed by atoms with Gasteiger partial charge in [-0.3, -0.25) is 39.0 Å². The van der Waals surface area contributed by atoms with E-state index in [1.807, 2.05) is 9.80 Å². The van der Waals surface area contributed by atoms with Crippen LogP contribution in [-0.4, -0.2) is 103 Å². The number of benzene rings is 2. The number of aromatic nitrogens is 4. The summed E-state index contributed by atoms with van der Waals surface area (Å²) in [4.78, 5) is 90.6. The Labute approximate surface area is 384 Å². The van der Waals surface area contributed by atoms with Crippen LogP contribution < -0.4 is 26.2 Å². The van der Waals surface area contributed by atoms with Crippen molar-refractivity contribution in [3.63, 3.8) is 0 Å². The van der Waals surface area contributed by atoms with Gasteiger partial charge < -0.3 is 25.8 Å². The van der Waals surface area contributed by atoms with E-state index in [0.29, 0.717) is 67.7 Å². The number of amides is 6. The fourth-order valence-electron chi connectivity index (χ4n) is 9.46. The lowest BCUT2D eigenvalue weighted by atomic mass is 10.0. The summed E-state index contributed by atoms with van der Waals surface area (Å²) in [5, 5.41) is 16.2. The number of anilines is 4. The molecule has 6 amide bonds. The zero-order chi connectivity index (χ0) is 46.6. The van der Waals surface area contributed by atoms with Gasteiger partial charge in [0.05, 0.1) is 23.4 Å². The molecule has 19 heteroatoms. The normalized spacial score (nSPS) is 18.7. The molecular weight excluding hydrogens is 865 g/mol. The number of unbranched alkanes of at least 4 members (excludes halogenated alkanes) is 4. The lowest BCUT2D eigenvalue weighted by molar-refractivity contribution is -0.136. The molecule has 9 rings (SSSR count). The monoisotopic (exact) mass is 915 g/mol. The molecular formula is C48H51F2N11O6. The third-order valence-corrected chi connectivity index (χ3v) is 13.0. The van der Waals surface area contributed by atoms with Gasteiger partial charge in [-0.05, 0) is 99.5 Å². The summed E-state index contributed by atoms with van der Waals surface area (Å²) < 4.78 is 30.4. The third kappa shape index (κ3) is 9.81. The quantitative estimate of drug-likeness (QED) is 0.0641. The second-order valence-electron chi connectivity index (χ2n) is 17.4. The highest BCUT2D eigenvalue weighted by Crippen LogP contribution is 2.37. The Morgan fingerprint density at radius 3 is 2.45 bits per heavy atom. The van der Waals surface area contributed by atoms with Gasteiger partial charge >= 0.3 is 0 Å². The molecule has 0 bridgehead atoms. The summed E-state index contributed by atoms with van der Waals surface area (Å²) in [6.45, 7) is 2.53. The summed E-state index contributed by atoms with van der Waals surface area (Å²) in [6, 6.07) is 14.1. The number of nitrogens with one attached hydrogen (secondary N) is 4. The van der Waals surface area contributed by atoms with Crippen LogP contribution >= 0.6 is 0 Å². The standard InChI is InChI=1S/C48H51F2N11O6/c49-29-12-15-35(50)34(26-29)38-9-7-22-59(38)41-20-25-60-44(56-41)37(28-52-60)55-45(64)36-8-6-10-40(54-36)53-30-18-23-58(24-19-30)43(63)11-4-2-1-3-5-21-51-31-13-14-32-33(27-31)48(67)61(47(32)66)39-16-17-42(62)57-46(39)65/h6,8,10,12-15,20,25-28,30,38-39,51H,1-5,7,9,11,16-19,21-24H2,(H,53,54)(H,55,64)(H,57,62,65)/t38-,39?/m1/s1. The van der Waals surface area contributed by atoms with E-state index in [-0.39, 0.29) is 53.2 Å². The molecule has 7 heterocycles. The Bertz CT molecular complexity index is 2740. The minimum Gasteiger partial charge on any atom is -0.385 e. The van der Waals surface area contributed by atoms with Crippen molar-refractivity contribution in [3.05, 3.63) is 107 Å². The van der Waals surface area contributed by atoms with Crippen molar-refractivity contribution in [2.45, 2.75) is 95.2 Å². The molecule has 4 aliphatic rings. The first-order chi connectivity index (χ1) is 32.5. The molecule has 5 aromatic rings. The Morgan fingerprint density at radius 2 is 1.61 bits per heavy atom. The van der Waals surface area contributed by atoms with E-state index in [0.717, 1.165) is 68.4 Å². The molecule has 0 radical (unpaired) electrons. The number of piperidine rings is 2. The van der Waals surface area contributed by atoms with Crippen LogP contribution in [0.25, 0.3) is 5.65 Å². The zero-order valence-corrected chi connectivity index (χ0v) is 36.8. The van der Waals surface area contributed by atoms with Crippen molar-refractivity contribution in [1.82, 2.24) is 34.7 Å². The van der Waals surface area contributed by atoms with Gasteiger partial charge in [0.1, 0.15) is 40.7 Å². The maximum atomic E-state index is 14.8. The largest absolute Gasteiger partial charge is 0.385 e. The highest BCUT2D eigenvalue weighted by molar-refractivity contribution is 6.23. The van der Waals surface area contributed by atoms with Gasteiger partial charge in [0.25, 0.3) is 17.7 Å². The third-order valence-electron chi connectivity index (χ3n) is 13.0. The van der Waals surface area contributed by atoms with Crippen LogP contribution in [0.1, 0.15) is 120 Å². The van der Waals surface area contributed by atoms with Crippen LogP contribution in [0.3, 0.4) is 0 Å². The molecule has 1 unspecified atom stereocenters. The van der Waals surface area contributed by atoms with Crippen molar-refractivity contribution in [1.29, 1.82) is 0 Å². The van der Waals surface area contributed by atoms with Gasteiger partial charge in [-0.15, -0.1) is 0 Å². The highest BCUT2D eigenvalue weighted by Gasteiger charge is 2.44. The van der Waals surface area contributed by atoms with Crippen LogP contribution in [0.2, 0.25) is 0 Å². The first-order valence-electron chi connectivity index (χ1n) is 23.0. The molecule has 2 aromatic carbocycles. The van der Waals surface area contributed by atoms with Crippen LogP contribution in [0.15, 0.2) is 73.1 Å². The number of imide groups is 2. The lowest BCUT2D eigenvalue weighted by Gasteiger charge is -2.32. The molecule has 3 saturated heterocycles. The number of hydrogen-bond acceptors (Lipinski definition) is 12. The fraction of sp³-hybridized carbons (Fsp3) is 0.396. The van der Waals surface area contributed by atoms with Gasteiger partial charge in [-0.1, -0.05) is 25.3 Å². The number of carbonyl (C=O) groups excluding carboxylic acids is 6. The van der Waals surface area contributed by atoms with Gasteiger partial charge in [0, 0.05) is 62.5 Å². The van der Waals surface area contributed by atoms with Gasteiger partial charge in [0.2, 0.25) is 17.7 Å². The highest BCUT2D eigenvalue weighted by atomic mass is 19.1. The van der Waals surface area contributed by atoms with E-state index in [1.165, 1.54) is 16.8 Å². The number of nitrogens with zero attached hydrogens (tertiary/aromatic N) is 7. The Balaban J connectivity index is 0.677. The van der Waals surface area contributed by atoms with E-state index in [9.17, 15) is 37.5 Å². The Morgan fingerprint density at radius 1 is 0.806 bits per heavy atom. The van der Waals surface area contributed by atoms with Crippen LogP contribution in [0, 0.1) is 11.6 Å². The molecule has 0 saturated carbocycles. The molecule has 4 N–H and O–H groups in total. The first-order valence-corrected chi connectivity index (χ1v) is 23.0. The molecule has 348 valence electrons. The van der Waals surface area contributed by atoms with Crippen molar-refractivity contribution >= 4 is 64.1 Å². The van der Waals surface area contributed by atoms with Crippen molar-refractivity contribution in [2.24, 2.45) is 0 Å². The molecule has 3 aromatic heterocycles. The predicted octanol–water partition coefficient (Wildman–Crippen LogP) is 6.25. The number of likely N-dealkylation sites (tertiary alicyclic amines) is 1. The molecule has 67 heavy (non-hydrogen) atoms. The lowest BCUT2D eigenvalue weighted by Crippen LogP contribution is -2.54. The maximum absolute atomic E-state index is 14.8. The molecule has 3 fully saturated rings. The van der Waals surface area contributed by atoms with E-state index in [2.05, 4.69) is 31.3 Å². The second kappa shape index (κ2) is 19.7. The zero-order valence-electron chi connectivity index (χ0n) is 36.8. The molecule has 4 aliphatic heterocycles. The average molecular weight is 916 g/mol. The van der Waals surface area contributed by atoms with Crippen LogP contribution in [-0.2, 0) is 14.4 Å². The van der Waals surface area contributed by atoms with E-state index in [1.54, 1.807) is 48.7 Å². The van der Waals surface area contributed by atoms with E-state index in [4.69, 9.17) is 4.98 Å². The number of hydrogen-bond donors (Lipinski definition) is 4. The molecule has 2 atom stereocenters. The average Bonchev–Trinajstić information content (AvgIpc) is 4.04. The van der Waals surface area contributed by atoms with Gasteiger partial charge in [0.15, 0.2) is 5.65 Å². The number of halogens is 2. The SMILES string of the molecule is O=C1CCC(N2C(=O)c3ccc(NCCCCCCCC(=O)N4CCC(Nc5cccc(C(=O)Nc6cnn7ccc(N8CCC[C@@H]8c8cc(F)ccc8F)nc67)n5)CC4)cc3C2=O)C(=O)N1. The number of rotatable bonds is 16. The second-order valence-corrected chi connectivity index (χ2v) is 17.4. The summed E-state index contributed by atoms with van der Waals surface area (Å²) in [7, 11) is 0. The van der Waals surface area contributed by atoms with E-state index < -0.39 is 47.2 Å². The van der Waals surface area contributed by atoms with Gasteiger partial charge in [-0.2, -0.15) is 5.10 Å². The molecule has 0 aliphatic carbocycles. The van der Waals surface area contributed by atoms with E-state index >= 15 is 0 Å². The van der Waals surface area contributed by atoms with Crippen LogP contribution in [0.4, 0.5) is 31.8 Å². The fourth-order valence-corrected chi connectivity index (χ4v) is 9.46. The minimum absolute atomic E-state index is 0.0684. The summed E-state index contributed by atoms with van der Waals surface area (Å²) in [6.07, 6.45) is 11.4. The Hall–Kier alpha value is -7.31. The van der Waals surface area contributed by atoms with Crippen molar-refractivity contribution in [2.75, 3.05) is 47.0 Å². The summed E-state index contributed by atoms with van der Waals surface area (Å²) in [5.41, 5.74) is 2.44. The minimum atomic E-state index is -0.999. The first kappa shape index (κ1) is 44.9. The topological polar surface area (TPSA) is 203 Å². The Kier molecular flexibility index (Phi) is 13.2. The smallest absolute Gasteiger partial charge is 0.274 e. The predicted molar refractivity (Wildman–Crippen MR) is 243 cm³/mol.